The van der Waals surface area contributed by atoms with Gasteiger partial charge in [0.25, 0.3) is 0 Å². The number of benzene rings is 2. The maximum Gasteiger partial charge on any atom is 0.435 e. The second-order valence-corrected chi connectivity index (χ2v) is 13.0. The van der Waals surface area contributed by atoms with Crippen LogP contribution in [0.5, 0.6) is 0 Å². The van der Waals surface area contributed by atoms with Gasteiger partial charge in [-0.2, -0.15) is 26.3 Å². The first-order valence-corrected chi connectivity index (χ1v) is 14.3. The number of alkyl halides is 7. The van der Waals surface area contributed by atoms with Crippen molar-refractivity contribution in [2.75, 3.05) is 11.4 Å². The van der Waals surface area contributed by atoms with Gasteiger partial charge in [0, 0.05) is 21.9 Å². The number of anilines is 1. The van der Waals surface area contributed by atoms with Crippen LogP contribution < -0.4 is 4.90 Å². The molecule has 1 aliphatic heterocycles. The van der Waals surface area contributed by atoms with Crippen molar-refractivity contribution in [3.05, 3.63) is 87.1 Å². The Labute approximate surface area is 233 Å². The number of halogens is 8. The summed E-state index contributed by atoms with van der Waals surface area (Å²) in [6.07, 6.45) is -11.0. The van der Waals surface area contributed by atoms with Crippen LogP contribution in [0.1, 0.15) is 29.5 Å². The molecule has 2 atom stereocenters. The lowest BCUT2D eigenvalue weighted by molar-refractivity contribution is -0.348. The van der Waals surface area contributed by atoms with E-state index in [2.05, 4.69) is 4.98 Å². The maximum atomic E-state index is 14.9. The van der Waals surface area contributed by atoms with E-state index in [0.717, 1.165) is 9.64 Å². The van der Waals surface area contributed by atoms with Crippen molar-refractivity contribution in [1.29, 1.82) is 0 Å². The number of nitrogens with zero attached hydrogens (tertiary/aromatic N) is 2. The molecule has 13 heteroatoms. The molecule has 5 rings (SSSR count). The van der Waals surface area contributed by atoms with E-state index in [9.17, 15) is 39.2 Å². The Hall–Kier alpha value is -2.42. The van der Waals surface area contributed by atoms with Gasteiger partial charge >= 0.3 is 18.0 Å². The summed E-state index contributed by atoms with van der Waals surface area (Å²) < 4.78 is 124. The zero-order valence-electron chi connectivity index (χ0n) is 19.9. The molecule has 2 heterocycles. The van der Waals surface area contributed by atoms with Gasteiger partial charge in [0.2, 0.25) is 0 Å². The first-order valence-electron chi connectivity index (χ1n) is 11.8. The van der Waals surface area contributed by atoms with Gasteiger partial charge in [0.1, 0.15) is 10.6 Å². The zero-order valence-corrected chi connectivity index (χ0v) is 22.9. The molecule has 0 bridgehead atoms. The molecule has 0 spiro atoms. The van der Waals surface area contributed by atoms with E-state index in [1.807, 2.05) is 27.5 Å². The van der Waals surface area contributed by atoms with Crippen LogP contribution >= 0.6 is 22.6 Å². The molecule has 1 fully saturated rings. The highest BCUT2D eigenvalue weighted by Gasteiger charge is 2.73. The molecular formula is C26H20F7IN2O2S. The minimum atomic E-state index is -6.27. The van der Waals surface area contributed by atoms with Crippen LogP contribution in [0.2, 0.25) is 0 Å². The molecule has 0 saturated carbocycles. The Bertz CT molecular complexity index is 1480. The third-order valence-electron chi connectivity index (χ3n) is 7.61. The minimum absolute atomic E-state index is 0.00815. The summed E-state index contributed by atoms with van der Waals surface area (Å²) in [4.78, 5) is 6.12. The Morgan fingerprint density at radius 1 is 0.923 bits per heavy atom. The topological polar surface area (TPSA) is 50.3 Å². The van der Waals surface area contributed by atoms with Crippen LogP contribution in [0.3, 0.4) is 0 Å². The molecule has 0 N–H and O–H groups in total. The molecule has 0 radical (unpaired) electrons. The molecule has 2 aromatic carbocycles. The highest BCUT2D eigenvalue weighted by Crippen LogP contribution is 2.57. The van der Waals surface area contributed by atoms with Crippen LogP contribution in [0, 0.1) is 3.57 Å². The number of pyridine rings is 1. The number of rotatable bonds is 4. The van der Waals surface area contributed by atoms with Crippen molar-refractivity contribution in [2.24, 2.45) is 0 Å². The van der Waals surface area contributed by atoms with Crippen molar-refractivity contribution in [3.63, 3.8) is 0 Å². The predicted molar refractivity (Wildman–Crippen MR) is 138 cm³/mol. The van der Waals surface area contributed by atoms with Gasteiger partial charge in [-0.1, -0.05) is 24.3 Å². The highest BCUT2D eigenvalue weighted by molar-refractivity contribution is 14.1. The van der Waals surface area contributed by atoms with Gasteiger partial charge < -0.3 is 4.90 Å². The fourth-order valence-corrected chi connectivity index (χ4v) is 8.58. The van der Waals surface area contributed by atoms with Crippen LogP contribution in [-0.2, 0) is 26.7 Å². The van der Waals surface area contributed by atoms with Gasteiger partial charge in [0.15, 0.2) is 9.84 Å². The van der Waals surface area contributed by atoms with E-state index in [4.69, 9.17) is 0 Å². The van der Waals surface area contributed by atoms with Crippen molar-refractivity contribution in [2.45, 2.75) is 53.0 Å². The van der Waals surface area contributed by atoms with Crippen LogP contribution in [-0.4, -0.2) is 38.3 Å². The summed E-state index contributed by atoms with van der Waals surface area (Å²) in [6, 6.07) is 12.3. The number of sulfone groups is 1. The molecule has 1 aliphatic carbocycles. The quantitative estimate of drug-likeness (QED) is 0.223. The lowest BCUT2D eigenvalue weighted by Gasteiger charge is -2.43. The first kappa shape index (κ1) is 28.1. The highest BCUT2D eigenvalue weighted by atomic mass is 127. The Morgan fingerprint density at radius 2 is 1.59 bits per heavy atom. The van der Waals surface area contributed by atoms with E-state index in [0.29, 0.717) is 18.0 Å². The summed E-state index contributed by atoms with van der Waals surface area (Å²) in [7, 11) is -4.25. The zero-order chi connectivity index (χ0) is 28.4. The molecule has 0 amide bonds. The van der Waals surface area contributed by atoms with Gasteiger partial charge in [0.05, 0.1) is 10.9 Å². The number of hydrogen-bond acceptors (Lipinski definition) is 4. The molecule has 39 heavy (non-hydrogen) atoms. The smallest absolute Gasteiger partial charge is 0.352 e. The Kier molecular flexibility index (Phi) is 6.72. The van der Waals surface area contributed by atoms with Gasteiger partial charge in [-0.3, -0.25) is 0 Å². The van der Waals surface area contributed by atoms with Gasteiger partial charge in [-0.15, -0.1) is 0 Å². The second kappa shape index (κ2) is 9.32. The number of hydrogen-bond donors (Lipinski definition) is 0. The van der Waals surface area contributed by atoms with E-state index < -0.39 is 44.2 Å². The summed E-state index contributed by atoms with van der Waals surface area (Å²) in [6.45, 7) is 0.227. The number of aryl methyl sites for hydroxylation is 1. The second-order valence-electron chi connectivity index (χ2n) is 9.56. The summed E-state index contributed by atoms with van der Waals surface area (Å²) >= 11 is 2.01. The number of fused-ring (bicyclic) bond motifs is 3. The SMILES string of the molecule is O=S(=O)(c1ccc(I)cc1)[C@@]12CCN(c3ccccn3)[C@@H]1CCc1cc(C(F)(C(F)(F)F)C(F)(F)F)ccc12. The largest absolute Gasteiger partial charge is 0.435 e. The molecule has 4 nitrogen and oxygen atoms in total. The normalized spacial score (nSPS) is 21.9. The molecule has 208 valence electrons. The third kappa shape index (κ3) is 4.13. The summed E-state index contributed by atoms with van der Waals surface area (Å²) in [5, 5.41) is 0. The summed E-state index contributed by atoms with van der Waals surface area (Å²) in [5.41, 5.74) is -7.22. The minimum Gasteiger partial charge on any atom is -0.352 e. The standard InChI is InChI=1S/C26H20F7IN2O2S/c27-24(25(28,29)30,26(31,32)33)17-5-10-20-16(15-17)4-11-21-23(20,12-14-36(21)22-3-1-2-13-35-22)39(37,38)19-8-6-18(34)7-9-19/h1-3,5-10,13,15,21H,4,11-12,14H2/t21-,23-/m1/s1. The van der Waals surface area contributed by atoms with Crippen molar-refractivity contribution >= 4 is 38.2 Å². The van der Waals surface area contributed by atoms with E-state index in [-0.39, 0.29) is 41.8 Å². The monoisotopic (exact) mass is 684 g/mol. The van der Waals surface area contributed by atoms with Crippen molar-refractivity contribution in [1.82, 2.24) is 4.98 Å². The fourth-order valence-electron chi connectivity index (χ4n) is 5.85. The lowest BCUT2D eigenvalue weighted by atomic mass is 9.77. The van der Waals surface area contributed by atoms with E-state index in [1.165, 1.54) is 12.1 Å². The Morgan fingerprint density at radius 3 is 2.18 bits per heavy atom. The Balaban J connectivity index is 1.73. The van der Waals surface area contributed by atoms with Crippen molar-refractivity contribution < 1.29 is 39.2 Å². The van der Waals surface area contributed by atoms with Gasteiger partial charge in [-0.25, -0.2) is 17.8 Å². The van der Waals surface area contributed by atoms with Gasteiger partial charge in [-0.05, 0) is 89.4 Å². The molecule has 2 aliphatic rings. The lowest BCUT2D eigenvalue weighted by Crippen LogP contribution is -2.52. The average molecular weight is 684 g/mol. The third-order valence-corrected chi connectivity index (χ3v) is 10.9. The van der Waals surface area contributed by atoms with Crippen LogP contribution in [0.25, 0.3) is 0 Å². The first-order chi connectivity index (χ1) is 18.1. The van der Waals surface area contributed by atoms with Crippen LogP contribution in [0.15, 0.2) is 71.8 Å². The predicted octanol–water partition coefficient (Wildman–Crippen LogP) is 6.87. The maximum absolute atomic E-state index is 14.9. The average Bonchev–Trinajstić information content (AvgIpc) is 3.29. The van der Waals surface area contributed by atoms with Crippen molar-refractivity contribution in [3.8, 4) is 0 Å². The molecule has 0 unspecified atom stereocenters. The van der Waals surface area contributed by atoms with E-state index in [1.54, 1.807) is 36.5 Å². The molecular weight excluding hydrogens is 664 g/mol. The molecule has 1 aromatic heterocycles. The molecule has 3 aromatic rings. The summed E-state index contributed by atoms with van der Waals surface area (Å²) in [5.74, 6) is 0.499. The molecule has 1 saturated heterocycles. The van der Waals surface area contributed by atoms with E-state index >= 15 is 0 Å². The fraction of sp³-hybridized carbons (Fsp3) is 0.346. The van der Waals surface area contributed by atoms with Crippen LogP contribution in [0.4, 0.5) is 36.6 Å². The number of aromatic nitrogens is 1.